The van der Waals surface area contributed by atoms with E-state index in [0.29, 0.717) is 0 Å². The molecular weight excluding hydrogens is 172 g/mol. The van der Waals surface area contributed by atoms with Gasteiger partial charge < -0.3 is 11.5 Å². The molecule has 2 heteroatoms. The molecule has 0 amide bonds. The normalized spacial score (nSPS) is 30.6. The van der Waals surface area contributed by atoms with Gasteiger partial charge in [0, 0.05) is 6.04 Å². The van der Waals surface area contributed by atoms with Crippen LogP contribution in [0.2, 0.25) is 0 Å². The highest BCUT2D eigenvalue weighted by Crippen LogP contribution is 2.25. The molecule has 0 radical (unpaired) electrons. The molecule has 0 aromatic heterocycles. The lowest BCUT2D eigenvalue weighted by molar-refractivity contribution is 0.492. The Kier molecular flexibility index (Phi) is 2.23. The second-order valence-electron chi connectivity index (χ2n) is 3.57. The van der Waals surface area contributed by atoms with Gasteiger partial charge in [-0.15, -0.1) is 0 Å². The summed E-state index contributed by atoms with van der Waals surface area (Å²) in [4.78, 5) is 0. The average Bonchev–Trinajstić information content (AvgIpc) is 2.24. The summed E-state index contributed by atoms with van der Waals surface area (Å²) >= 11 is 0. The van der Waals surface area contributed by atoms with Crippen LogP contribution in [0.1, 0.15) is 5.56 Å². The van der Waals surface area contributed by atoms with Crippen LogP contribution in [0.3, 0.4) is 0 Å². The van der Waals surface area contributed by atoms with Crippen molar-refractivity contribution in [2.45, 2.75) is 11.6 Å². The second kappa shape index (κ2) is 3.40. The van der Waals surface area contributed by atoms with E-state index in [4.69, 9.17) is 11.5 Å². The topological polar surface area (TPSA) is 52.0 Å². The number of allylic oxidation sites excluding steroid dienone is 2. The summed E-state index contributed by atoms with van der Waals surface area (Å²) in [6.45, 7) is 0. The highest BCUT2D eigenvalue weighted by atomic mass is 14.8. The van der Waals surface area contributed by atoms with E-state index in [9.17, 15) is 0 Å². The molecular formula is C12H14N2. The van der Waals surface area contributed by atoms with Crippen molar-refractivity contribution < 1.29 is 0 Å². The highest BCUT2D eigenvalue weighted by Gasteiger charge is 2.31. The molecule has 1 aliphatic carbocycles. The number of nitrogens with two attached hydrogens (primary N) is 2. The van der Waals surface area contributed by atoms with Crippen molar-refractivity contribution in [3.63, 3.8) is 0 Å². The fraction of sp³-hybridized carbons (Fsp3) is 0.167. The summed E-state index contributed by atoms with van der Waals surface area (Å²) in [6.07, 6.45) is 7.75. The molecule has 72 valence electrons. The number of hydrogen-bond donors (Lipinski definition) is 2. The first kappa shape index (κ1) is 9.19. The SMILES string of the molecule is N[C@H]1C=CC=C[C@]1(N)c1ccccc1. The predicted octanol–water partition coefficient (Wildman–Crippen LogP) is 1.29. The molecule has 1 aromatic rings. The van der Waals surface area contributed by atoms with Gasteiger partial charge in [-0.2, -0.15) is 0 Å². The molecule has 2 rings (SSSR count). The molecule has 1 aromatic carbocycles. The average molecular weight is 186 g/mol. The first-order chi connectivity index (χ1) is 6.73. The van der Waals surface area contributed by atoms with Crippen LogP contribution < -0.4 is 11.5 Å². The van der Waals surface area contributed by atoms with Crippen molar-refractivity contribution in [3.05, 3.63) is 60.2 Å². The van der Waals surface area contributed by atoms with Crippen molar-refractivity contribution in [2.24, 2.45) is 11.5 Å². The zero-order valence-electron chi connectivity index (χ0n) is 7.93. The summed E-state index contributed by atoms with van der Waals surface area (Å²) in [5.74, 6) is 0. The molecule has 0 unspecified atom stereocenters. The van der Waals surface area contributed by atoms with Crippen LogP contribution in [-0.2, 0) is 5.54 Å². The van der Waals surface area contributed by atoms with Gasteiger partial charge in [-0.1, -0.05) is 54.6 Å². The quantitative estimate of drug-likeness (QED) is 0.694. The van der Waals surface area contributed by atoms with E-state index in [2.05, 4.69) is 0 Å². The van der Waals surface area contributed by atoms with E-state index in [1.54, 1.807) is 0 Å². The Hall–Kier alpha value is -1.38. The Morgan fingerprint density at radius 2 is 1.79 bits per heavy atom. The van der Waals surface area contributed by atoms with Gasteiger partial charge in [0.2, 0.25) is 0 Å². The second-order valence-corrected chi connectivity index (χ2v) is 3.57. The molecule has 0 saturated carbocycles. The molecule has 14 heavy (non-hydrogen) atoms. The van der Waals surface area contributed by atoms with E-state index in [-0.39, 0.29) is 6.04 Å². The van der Waals surface area contributed by atoms with E-state index in [1.165, 1.54) is 0 Å². The van der Waals surface area contributed by atoms with Crippen LogP contribution in [0.15, 0.2) is 54.6 Å². The predicted molar refractivity (Wildman–Crippen MR) is 58.6 cm³/mol. The first-order valence-corrected chi connectivity index (χ1v) is 4.69. The van der Waals surface area contributed by atoms with Crippen molar-refractivity contribution in [2.75, 3.05) is 0 Å². The lowest BCUT2D eigenvalue weighted by Gasteiger charge is -2.32. The fourth-order valence-corrected chi connectivity index (χ4v) is 1.68. The van der Waals surface area contributed by atoms with Gasteiger partial charge in [0.1, 0.15) is 0 Å². The maximum absolute atomic E-state index is 6.26. The van der Waals surface area contributed by atoms with E-state index < -0.39 is 5.54 Å². The van der Waals surface area contributed by atoms with Gasteiger partial charge >= 0.3 is 0 Å². The minimum atomic E-state index is -0.560. The minimum Gasteiger partial charge on any atom is -0.322 e. The first-order valence-electron chi connectivity index (χ1n) is 4.69. The standard InChI is InChI=1S/C12H14N2/c13-11-8-4-5-9-12(11,14)10-6-2-1-3-7-10/h1-9,11H,13-14H2/t11-,12-/m0/s1. The highest BCUT2D eigenvalue weighted by molar-refractivity contribution is 5.37. The Labute approximate surface area is 83.9 Å². The molecule has 1 aliphatic rings. The maximum Gasteiger partial charge on any atom is 0.0788 e. The number of rotatable bonds is 1. The minimum absolute atomic E-state index is 0.158. The van der Waals surface area contributed by atoms with Gasteiger partial charge in [0.05, 0.1) is 5.54 Å². The van der Waals surface area contributed by atoms with Gasteiger partial charge in [-0.05, 0) is 5.56 Å². The molecule has 0 fully saturated rings. The Morgan fingerprint density at radius 1 is 1.07 bits per heavy atom. The third kappa shape index (κ3) is 1.39. The summed E-state index contributed by atoms with van der Waals surface area (Å²) in [5, 5.41) is 0. The summed E-state index contributed by atoms with van der Waals surface area (Å²) in [5.41, 5.74) is 12.7. The Bertz CT molecular complexity index is 367. The lowest BCUT2D eigenvalue weighted by atomic mass is 9.81. The van der Waals surface area contributed by atoms with Crippen LogP contribution in [0.25, 0.3) is 0 Å². The van der Waals surface area contributed by atoms with Crippen LogP contribution >= 0.6 is 0 Å². The number of benzene rings is 1. The van der Waals surface area contributed by atoms with Crippen molar-refractivity contribution in [1.82, 2.24) is 0 Å². The third-order valence-corrected chi connectivity index (χ3v) is 2.63. The van der Waals surface area contributed by atoms with Crippen LogP contribution in [0.4, 0.5) is 0 Å². The largest absolute Gasteiger partial charge is 0.322 e. The molecule has 4 N–H and O–H groups in total. The Morgan fingerprint density at radius 3 is 2.43 bits per heavy atom. The lowest BCUT2D eigenvalue weighted by Crippen LogP contribution is -2.50. The number of hydrogen-bond acceptors (Lipinski definition) is 2. The van der Waals surface area contributed by atoms with Crippen LogP contribution in [-0.4, -0.2) is 6.04 Å². The van der Waals surface area contributed by atoms with Gasteiger partial charge in [-0.25, -0.2) is 0 Å². The molecule has 0 heterocycles. The van der Waals surface area contributed by atoms with Gasteiger partial charge in [-0.3, -0.25) is 0 Å². The van der Waals surface area contributed by atoms with Crippen molar-refractivity contribution in [1.29, 1.82) is 0 Å². The van der Waals surface area contributed by atoms with Gasteiger partial charge in [0.15, 0.2) is 0 Å². The zero-order chi connectivity index (χ0) is 10.0. The van der Waals surface area contributed by atoms with Gasteiger partial charge in [0.25, 0.3) is 0 Å². The molecule has 2 atom stereocenters. The zero-order valence-corrected chi connectivity index (χ0v) is 7.93. The molecule has 0 saturated heterocycles. The van der Waals surface area contributed by atoms with Crippen LogP contribution in [0, 0.1) is 0 Å². The van der Waals surface area contributed by atoms with Crippen molar-refractivity contribution in [3.8, 4) is 0 Å². The van der Waals surface area contributed by atoms with E-state index in [0.717, 1.165) is 5.56 Å². The smallest absolute Gasteiger partial charge is 0.0788 e. The van der Waals surface area contributed by atoms with Crippen LogP contribution in [0.5, 0.6) is 0 Å². The van der Waals surface area contributed by atoms with Crippen molar-refractivity contribution >= 4 is 0 Å². The maximum atomic E-state index is 6.26. The Balaban J connectivity index is 2.42. The summed E-state index contributed by atoms with van der Waals surface area (Å²) in [6, 6.07) is 9.77. The van der Waals surface area contributed by atoms with E-state index >= 15 is 0 Å². The molecule has 0 bridgehead atoms. The molecule has 0 spiro atoms. The van der Waals surface area contributed by atoms with E-state index in [1.807, 2.05) is 54.6 Å². The fourth-order valence-electron chi connectivity index (χ4n) is 1.68. The molecule has 2 nitrogen and oxygen atoms in total. The third-order valence-electron chi connectivity index (χ3n) is 2.63. The monoisotopic (exact) mass is 186 g/mol. The molecule has 0 aliphatic heterocycles. The summed E-state index contributed by atoms with van der Waals surface area (Å²) < 4.78 is 0. The summed E-state index contributed by atoms with van der Waals surface area (Å²) in [7, 11) is 0.